The first-order valence-corrected chi connectivity index (χ1v) is 5.50. The van der Waals surface area contributed by atoms with Gasteiger partial charge in [0.1, 0.15) is 0 Å². The number of rotatable bonds is 4. The van der Waals surface area contributed by atoms with Crippen LogP contribution in [0.25, 0.3) is 0 Å². The van der Waals surface area contributed by atoms with Gasteiger partial charge in [-0.15, -0.1) is 0 Å². The Kier molecular flexibility index (Phi) is 2.96. The number of aromatic nitrogens is 2. The van der Waals surface area contributed by atoms with Gasteiger partial charge < -0.3 is 10.0 Å². The molecule has 88 valence electrons. The Morgan fingerprint density at radius 2 is 2.31 bits per heavy atom. The molecule has 0 amide bonds. The van der Waals surface area contributed by atoms with Crippen LogP contribution in [0.2, 0.25) is 0 Å². The summed E-state index contributed by atoms with van der Waals surface area (Å²) in [6, 6.07) is 1.53. The van der Waals surface area contributed by atoms with Crippen LogP contribution in [0.3, 0.4) is 0 Å². The summed E-state index contributed by atoms with van der Waals surface area (Å²) < 4.78 is 1.33. The van der Waals surface area contributed by atoms with E-state index in [1.807, 2.05) is 19.0 Å². The van der Waals surface area contributed by atoms with Crippen molar-refractivity contribution in [3.8, 4) is 0 Å². The molecule has 0 saturated heterocycles. The van der Waals surface area contributed by atoms with E-state index in [9.17, 15) is 9.90 Å². The molecule has 1 atom stereocenters. The van der Waals surface area contributed by atoms with Gasteiger partial charge in [0.2, 0.25) is 0 Å². The van der Waals surface area contributed by atoms with Crippen LogP contribution in [0.15, 0.2) is 17.1 Å². The summed E-state index contributed by atoms with van der Waals surface area (Å²) in [5.74, 6) is 0.363. The van der Waals surface area contributed by atoms with Crippen molar-refractivity contribution in [2.45, 2.75) is 25.5 Å². The third-order valence-corrected chi connectivity index (χ3v) is 2.90. The molecule has 5 nitrogen and oxygen atoms in total. The maximum atomic E-state index is 11.7. The number of hydrogen-bond acceptors (Lipinski definition) is 4. The maximum Gasteiger partial charge on any atom is 0.268 e. The van der Waals surface area contributed by atoms with Crippen LogP contribution in [0, 0.1) is 5.92 Å². The summed E-state index contributed by atoms with van der Waals surface area (Å²) in [5.41, 5.74) is 0.619. The van der Waals surface area contributed by atoms with Crippen molar-refractivity contribution in [3.05, 3.63) is 22.6 Å². The lowest BCUT2D eigenvalue weighted by Gasteiger charge is -2.14. The summed E-state index contributed by atoms with van der Waals surface area (Å²) in [4.78, 5) is 13.5. The fourth-order valence-corrected chi connectivity index (χ4v) is 1.61. The largest absolute Gasteiger partial charge is 0.391 e. The van der Waals surface area contributed by atoms with Crippen molar-refractivity contribution >= 4 is 5.69 Å². The van der Waals surface area contributed by atoms with Crippen molar-refractivity contribution in [1.82, 2.24) is 9.78 Å². The van der Waals surface area contributed by atoms with E-state index in [0.29, 0.717) is 12.5 Å². The first-order valence-electron chi connectivity index (χ1n) is 5.50. The van der Waals surface area contributed by atoms with Crippen molar-refractivity contribution in [3.63, 3.8) is 0 Å². The minimum absolute atomic E-state index is 0.161. The van der Waals surface area contributed by atoms with Crippen LogP contribution in [0.5, 0.6) is 0 Å². The SMILES string of the molecule is CN(C)c1cnn(CC(O)C2CC2)c(=O)c1. The lowest BCUT2D eigenvalue weighted by atomic mass is 10.2. The minimum Gasteiger partial charge on any atom is -0.391 e. The first kappa shape index (κ1) is 11.1. The number of nitrogens with zero attached hydrogens (tertiary/aromatic N) is 3. The highest BCUT2D eigenvalue weighted by molar-refractivity contribution is 5.40. The third-order valence-electron chi connectivity index (χ3n) is 2.90. The van der Waals surface area contributed by atoms with Crippen LogP contribution < -0.4 is 10.5 Å². The monoisotopic (exact) mass is 223 g/mol. The predicted octanol–water partition coefficient (Wildman–Crippen LogP) is 0.0802. The lowest BCUT2D eigenvalue weighted by molar-refractivity contribution is 0.125. The van der Waals surface area contributed by atoms with Gasteiger partial charge in [-0.2, -0.15) is 5.10 Å². The maximum absolute atomic E-state index is 11.7. The molecule has 1 heterocycles. The van der Waals surface area contributed by atoms with E-state index in [2.05, 4.69) is 5.10 Å². The summed E-state index contributed by atoms with van der Waals surface area (Å²) in [6.45, 7) is 0.303. The van der Waals surface area contributed by atoms with Gasteiger partial charge in [0, 0.05) is 20.2 Å². The highest BCUT2D eigenvalue weighted by atomic mass is 16.3. The quantitative estimate of drug-likeness (QED) is 0.785. The van der Waals surface area contributed by atoms with Gasteiger partial charge in [0.05, 0.1) is 24.5 Å². The molecule has 0 radical (unpaired) electrons. The van der Waals surface area contributed by atoms with Crippen molar-refractivity contribution in [1.29, 1.82) is 0 Å². The van der Waals surface area contributed by atoms with Gasteiger partial charge in [-0.25, -0.2) is 4.68 Å². The molecule has 1 aromatic rings. The summed E-state index contributed by atoms with van der Waals surface area (Å²) in [5, 5.41) is 13.8. The number of anilines is 1. The fraction of sp³-hybridized carbons (Fsp3) is 0.636. The number of hydrogen-bond donors (Lipinski definition) is 1. The van der Waals surface area contributed by atoms with Crippen molar-refractivity contribution in [2.75, 3.05) is 19.0 Å². The highest BCUT2D eigenvalue weighted by Crippen LogP contribution is 2.32. The molecular weight excluding hydrogens is 206 g/mol. The van der Waals surface area contributed by atoms with Gasteiger partial charge >= 0.3 is 0 Å². The summed E-state index contributed by atoms with van der Waals surface area (Å²) in [7, 11) is 3.72. The number of aliphatic hydroxyl groups is 1. The van der Waals surface area contributed by atoms with E-state index in [1.54, 1.807) is 6.20 Å². The highest BCUT2D eigenvalue weighted by Gasteiger charge is 2.30. The summed E-state index contributed by atoms with van der Waals surface area (Å²) >= 11 is 0. The Morgan fingerprint density at radius 3 is 2.81 bits per heavy atom. The Morgan fingerprint density at radius 1 is 1.62 bits per heavy atom. The van der Waals surface area contributed by atoms with E-state index < -0.39 is 6.10 Å². The molecule has 0 aliphatic heterocycles. The van der Waals surface area contributed by atoms with E-state index in [0.717, 1.165) is 18.5 Å². The molecule has 5 heteroatoms. The average Bonchev–Trinajstić information content (AvgIpc) is 3.03. The fourth-order valence-electron chi connectivity index (χ4n) is 1.61. The Labute approximate surface area is 94.3 Å². The smallest absolute Gasteiger partial charge is 0.268 e. The van der Waals surface area contributed by atoms with Crippen LogP contribution in [0.4, 0.5) is 5.69 Å². The van der Waals surface area contributed by atoms with Gasteiger partial charge in [-0.05, 0) is 18.8 Å². The topological polar surface area (TPSA) is 58.4 Å². The first-order chi connectivity index (χ1) is 7.58. The normalized spacial score (nSPS) is 17.2. The minimum atomic E-state index is -0.435. The van der Waals surface area contributed by atoms with Crippen LogP contribution in [0.1, 0.15) is 12.8 Å². The van der Waals surface area contributed by atoms with Gasteiger partial charge in [-0.3, -0.25) is 4.79 Å². The molecule has 0 aromatic carbocycles. The Balaban J connectivity index is 2.12. The number of aliphatic hydroxyl groups excluding tert-OH is 1. The van der Waals surface area contributed by atoms with Crippen LogP contribution >= 0.6 is 0 Å². The van der Waals surface area contributed by atoms with Crippen LogP contribution in [-0.4, -0.2) is 35.1 Å². The van der Waals surface area contributed by atoms with E-state index in [-0.39, 0.29) is 5.56 Å². The molecule has 1 unspecified atom stereocenters. The molecule has 1 aromatic heterocycles. The molecule has 0 bridgehead atoms. The van der Waals surface area contributed by atoms with Gasteiger partial charge in [0.15, 0.2) is 0 Å². The molecular formula is C11H17N3O2. The molecule has 1 fully saturated rings. The Hall–Kier alpha value is -1.36. The molecule has 0 spiro atoms. The zero-order chi connectivity index (χ0) is 11.7. The van der Waals surface area contributed by atoms with E-state index in [4.69, 9.17) is 0 Å². The van der Waals surface area contributed by atoms with Gasteiger partial charge in [-0.1, -0.05) is 0 Å². The molecule has 16 heavy (non-hydrogen) atoms. The molecule has 1 aliphatic carbocycles. The van der Waals surface area contributed by atoms with Crippen molar-refractivity contribution in [2.24, 2.45) is 5.92 Å². The molecule has 1 aliphatic rings. The second-order valence-corrected chi connectivity index (χ2v) is 4.53. The predicted molar refractivity (Wildman–Crippen MR) is 61.6 cm³/mol. The zero-order valence-electron chi connectivity index (χ0n) is 9.63. The van der Waals surface area contributed by atoms with Gasteiger partial charge in [0.25, 0.3) is 5.56 Å². The summed E-state index contributed by atoms with van der Waals surface area (Å²) in [6.07, 6.45) is 3.33. The standard InChI is InChI=1S/C11H17N3O2/c1-13(2)9-5-11(16)14(12-6-9)7-10(15)8-3-4-8/h5-6,8,10,15H,3-4,7H2,1-2H3. The second-order valence-electron chi connectivity index (χ2n) is 4.53. The third kappa shape index (κ3) is 2.41. The Bertz CT molecular complexity index is 423. The molecule has 2 rings (SSSR count). The lowest BCUT2D eigenvalue weighted by Crippen LogP contribution is -2.30. The molecule has 1 saturated carbocycles. The zero-order valence-corrected chi connectivity index (χ0v) is 9.63. The average molecular weight is 223 g/mol. The second kappa shape index (κ2) is 4.25. The molecule has 1 N–H and O–H groups in total. The van der Waals surface area contributed by atoms with E-state index >= 15 is 0 Å². The van der Waals surface area contributed by atoms with Crippen LogP contribution in [-0.2, 0) is 6.54 Å². The van der Waals surface area contributed by atoms with Crippen molar-refractivity contribution < 1.29 is 5.11 Å². The van der Waals surface area contributed by atoms with E-state index in [1.165, 1.54) is 10.7 Å².